The average Bonchev–Trinajstić information content (AvgIpc) is 2.16. The Bertz CT molecular complexity index is 549. The largest absolute Gasteiger partial charge is 0.322 e. The predicted octanol–water partition coefficient (Wildman–Crippen LogP) is 1.40. The van der Waals surface area contributed by atoms with Crippen molar-refractivity contribution < 1.29 is 0 Å². The number of nitrogens with one attached hydrogen (secondary N) is 1. The van der Waals surface area contributed by atoms with E-state index in [0.717, 1.165) is 5.39 Å². The fourth-order valence-electron chi connectivity index (χ4n) is 1.28. The van der Waals surface area contributed by atoms with Gasteiger partial charge in [-0.2, -0.15) is 5.26 Å². The van der Waals surface area contributed by atoms with Crippen LogP contribution in [0.2, 0.25) is 0 Å². The smallest absolute Gasteiger partial charge is 0.248 e. The molecule has 0 saturated carbocycles. The molecule has 0 amide bonds. The Kier molecular flexibility index (Phi) is 1.60. The van der Waals surface area contributed by atoms with Crippen LogP contribution >= 0.6 is 0 Å². The van der Waals surface area contributed by atoms with E-state index >= 15 is 0 Å². The average molecular weight is 170 g/mol. The van der Waals surface area contributed by atoms with Gasteiger partial charge < -0.3 is 4.98 Å². The molecule has 1 N–H and O–H groups in total. The normalized spacial score (nSPS) is 9.77. The minimum Gasteiger partial charge on any atom is -0.322 e. The van der Waals surface area contributed by atoms with Crippen molar-refractivity contribution in [1.82, 2.24) is 4.98 Å². The van der Waals surface area contributed by atoms with Gasteiger partial charge in [0.2, 0.25) is 5.56 Å². The fraction of sp³-hybridized carbons (Fsp3) is 0. The van der Waals surface area contributed by atoms with Gasteiger partial charge in [-0.25, -0.2) is 0 Å². The summed E-state index contributed by atoms with van der Waals surface area (Å²) in [7, 11) is 0. The van der Waals surface area contributed by atoms with Crippen molar-refractivity contribution in [3.05, 3.63) is 46.2 Å². The third-order valence-corrected chi connectivity index (χ3v) is 1.89. The van der Waals surface area contributed by atoms with Gasteiger partial charge in [-0.3, -0.25) is 4.79 Å². The molecule has 0 fully saturated rings. The number of H-pyrrole nitrogens is 1. The maximum absolute atomic E-state index is 10.9. The van der Waals surface area contributed by atoms with Gasteiger partial charge >= 0.3 is 0 Å². The van der Waals surface area contributed by atoms with Gasteiger partial charge in [0.05, 0.1) is 11.6 Å². The number of hydrogen-bond donors (Lipinski definition) is 1. The molecule has 1 heterocycles. The third kappa shape index (κ3) is 1.18. The summed E-state index contributed by atoms with van der Waals surface area (Å²) >= 11 is 0. The second kappa shape index (κ2) is 2.76. The second-order valence-electron chi connectivity index (χ2n) is 2.70. The van der Waals surface area contributed by atoms with Gasteiger partial charge in [0.1, 0.15) is 0 Å². The van der Waals surface area contributed by atoms with Crippen LogP contribution in [-0.4, -0.2) is 4.98 Å². The molecule has 1 aromatic carbocycles. The van der Waals surface area contributed by atoms with Crippen molar-refractivity contribution in [2.75, 3.05) is 0 Å². The summed E-state index contributed by atoms with van der Waals surface area (Å²) in [6.45, 7) is 0. The van der Waals surface area contributed by atoms with E-state index in [-0.39, 0.29) is 5.56 Å². The number of pyridine rings is 1. The zero-order valence-electron chi connectivity index (χ0n) is 6.74. The molecule has 0 aliphatic rings. The molecule has 1 aromatic heterocycles. The van der Waals surface area contributed by atoms with Crippen molar-refractivity contribution in [3.8, 4) is 6.07 Å². The van der Waals surface area contributed by atoms with Gasteiger partial charge in [-0.05, 0) is 18.2 Å². The third-order valence-electron chi connectivity index (χ3n) is 1.89. The van der Waals surface area contributed by atoms with Crippen molar-refractivity contribution in [1.29, 1.82) is 5.26 Å². The van der Waals surface area contributed by atoms with Crippen molar-refractivity contribution in [2.24, 2.45) is 0 Å². The number of fused-ring (bicyclic) bond motifs is 1. The van der Waals surface area contributed by atoms with E-state index in [9.17, 15) is 4.79 Å². The van der Waals surface area contributed by atoms with Gasteiger partial charge in [0.15, 0.2) is 0 Å². The first-order valence-electron chi connectivity index (χ1n) is 3.83. The molecule has 0 bridgehead atoms. The SMILES string of the molecule is N#Cc1cccc2[nH]c(=O)ccc12. The molecule has 0 spiro atoms. The maximum atomic E-state index is 10.9. The summed E-state index contributed by atoms with van der Waals surface area (Å²) in [4.78, 5) is 13.6. The molecule has 0 aliphatic carbocycles. The lowest BCUT2D eigenvalue weighted by Gasteiger charge is -1.97. The minimum atomic E-state index is -0.150. The van der Waals surface area contributed by atoms with E-state index in [1.165, 1.54) is 6.07 Å². The van der Waals surface area contributed by atoms with E-state index in [1.54, 1.807) is 24.3 Å². The van der Waals surface area contributed by atoms with E-state index in [2.05, 4.69) is 11.1 Å². The number of rotatable bonds is 0. The van der Waals surface area contributed by atoms with Crippen molar-refractivity contribution >= 4 is 10.9 Å². The number of nitriles is 1. The molecule has 0 atom stereocenters. The number of aromatic amines is 1. The molecule has 3 heteroatoms. The summed E-state index contributed by atoms with van der Waals surface area (Å²) in [5.41, 5.74) is 1.13. The molecule has 3 nitrogen and oxygen atoms in total. The quantitative estimate of drug-likeness (QED) is 0.649. The lowest BCUT2D eigenvalue weighted by Crippen LogP contribution is -2.02. The first kappa shape index (κ1) is 7.56. The van der Waals surface area contributed by atoms with Crippen LogP contribution in [0, 0.1) is 11.3 Å². The Hall–Kier alpha value is -2.08. The van der Waals surface area contributed by atoms with Gasteiger partial charge in [0.25, 0.3) is 0 Å². The number of nitrogens with zero attached hydrogens (tertiary/aromatic N) is 1. The van der Waals surface area contributed by atoms with Gasteiger partial charge in [-0.1, -0.05) is 6.07 Å². The molecule has 0 aliphatic heterocycles. The number of benzene rings is 1. The molecule has 0 radical (unpaired) electrons. The Labute approximate surface area is 74.3 Å². The van der Waals surface area contributed by atoms with Crippen molar-refractivity contribution in [2.45, 2.75) is 0 Å². The molecule has 2 aromatic rings. The van der Waals surface area contributed by atoms with Crippen LogP contribution < -0.4 is 5.56 Å². The molecule has 62 valence electrons. The Balaban J connectivity index is 2.95. The highest BCUT2D eigenvalue weighted by Crippen LogP contribution is 2.13. The first-order valence-corrected chi connectivity index (χ1v) is 3.83. The van der Waals surface area contributed by atoms with Crippen LogP contribution in [-0.2, 0) is 0 Å². The molecular formula is C10H6N2O. The van der Waals surface area contributed by atoms with Gasteiger partial charge in [-0.15, -0.1) is 0 Å². The van der Waals surface area contributed by atoms with E-state index in [1.807, 2.05) is 0 Å². The first-order chi connectivity index (χ1) is 6.31. The van der Waals surface area contributed by atoms with Crippen LogP contribution in [0.25, 0.3) is 10.9 Å². The summed E-state index contributed by atoms with van der Waals surface area (Å²) in [5.74, 6) is 0. The highest BCUT2D eigenvalue weighted by atomic mass is 16.1. The fourth-order valence-corrected chi connectivity index (χ4v) is 1.28. The lowest BCUT2D eigenvalue weighted by molar-refractivity contribution is 1.30. The number of aromatic nitrogens is 1. The van der Waals surface area contributed by atoms with E-state index in [4.69, 9.17) is 5.26 Å². The standard InChI is InChI=1S/C10H6N2O/c11-6-7-2-1-3-9-8(7)4-5-10(13)12-9/h1-5H,(H,12,13). The Morgan fingerprint density at radius 2 is 2.08 bits per heavy atom. The maximum Gasteiger partial charge on any atom is 0.248 e. The second-order valence-corrected chi connectivity index (χ2v) is 2.70. The van der Waals surface area contributed by atoms with Crippen LogP contribution in [0.3, 0.4) is 0 Å². The minimum absolute atomic E-state index is 0.150. The summed E-state index contributed by atoms with van der Waals surface area (Å²) in [5, 5.41) is 9.54. The van der Waals surface area contributed by atoms with Crippen LogP contribution in [0.4, 0.5) is 0 Å². The monoisotopic (exact) mass is 170 g/mol. The molecule has 0 saturated heterocycles. The Morgan fingerprint density at radius 1 is 1.23 bits per heavy atom. The summed E-state index contributed by atoms with van der Waals surface area (Å²) in [6, 6.07) is 10.4. The lowest BCUT2D eigenvalue weighted by atomic mass is 10.1. The van der Waals surface area contributed by atoms with Crippen LogP contribution in [0.5, 0.6) is 0 Å². The van der Waals surface area contributed by atoms with Crippen molar-refractivity contribution in [3.63, 3.8) is 0 Å². The Morgan fingerprint density at radius 3 is 2.85 bits per heavy atom. The summed E-state index contributed by atoms with van der Waals surface area (Å²) in [6.07, 6.45) is 0. The zero-order valence-corrected chi connectivity index (χ0v) is 6.74. The number of hydrogen-bond acceptors (Lipinski definition) is 2. The molecule has 2 rings (SSSR count). The predicted molar refractivity (Wildman–Crippen MR) is 49.3 cm³/mol. The van der Waals surface area contributed by atoms with E-state index < -0.39 is 0 Å². The van der Waals surface area contributed by atoms with Gasteiger partial charge in [0, 0.05) is 17.0 Å². The molecular weight excluding hydrogens is 164 g/mol. The van der Waals surface area contributed by atoms with Crippen LogP contribution in [0.15, 0.2) is 35.1 Å². The van der Waals surface area contributed by atoms with Crippen LogP contribution in [0.1, 0.15) is 5.56 Å². The zero-order chi connectivity index (χ0) is 9.26. The summed E-state index contributed by atoms with van der Waals surface area (Å²) < 4.78 is 0. The van der Waals surface area contributed by atoms with E-state index in [0.29, 0.717) is 11.1 Å². The topological polar surface area (TPSA) is 56.6 Å². The highest BCUT2D eigenvalue weighted by Gasteiger charge is 1.98. The highest BCUT2D eigenvalue weighted by molar-refractivity contribution is 5.84. The molecule has 0 unspecified atom stereocenters. The molecule has 13 heavy (non-hydrogen) atoms.